The number of carbonyl (C=O) groups is 1. The number of H-pyrrole nitrogens is 1. The molecule has 0 aromatic carbocycles. The van der Waals surface area contributed by atoms with Gasteiger partial charge in [-0.1, -0.05) is 6.92 Å². The van der Waals surface area contributed by atoms with Crippen LogP contribution in [0.4, 0.5) is 4.79 Å². The molecule has 23 heavy (non-hydrogen) atoms. The van der Waals surface area contributed by atoms with Crippen molar-refractivity contribution < 1.29 is 9.53 Å². The molecule has 0 saturated carbocycles. The molecule has 2 saturated heterocycles. The lowest BCUT2D eigenvalue weighted by Crippen LogP contribution is -2.48. The van der Waals surface area contributed by atoms with Gasteiger partial charge < -0.3 is 15.0 Å². The monoisotopic (exact) mass is 320 g/mol. The first-order chi connectivity index (χ1) is 11.1. The van der Waals surface area contributed by atoms with Gasteiger partial charge in [-0.3, -0.25) is 5.10 Å². The molecule has 2 N–H and O–H groups in total. The van der Waals surface area contributed by atoms with Gasteiger partial charge in [0.15, 0.2) is 0 Å². The molecule has 2 aliphatic heterocycles. The number of aromatic nitrogens is 2. The van der Waals surface area contributed by atoms with Crippen LogP contribution < -0.4 is 5.32 Å². The van der Waals surface area contributed by atoms with Gasteiger partial charge >= 0.3 is 6.03 Å². The third-order valence-corrected chi connectivity index (χ3v) is 5.19. The maximum absolute atomic E-state index is 12.8. The summed E-state index contributed by atoms with van der Waals surface area (Å²) in [7, 11) is 0. The molecule has 128 valence electrons. The first-order valence-electron chi connectivity index (χ1n) is 8.82. The Morgan fingerprint density at radius 3 is 2.87 bits per heavy atom. The number of carbonyl (C=O) groups excluding carboxylic acids is 1. The number of ether oxygens (including phenoxy) is 1. The highest BCUT2D eigenvalue weighted by Crippen LogP contribution is 2.35. The first-order valence-corrected chi connectivity index (χ1v) is 8.82. The van der Waals surface area contributed by atoms with E-state index >= 15 is 0 Å². The lowest BCUT2D eigenvalue weighted by atomic mass is 10.0. The Morgan fingerprint density at radius 1 is 1.43 bits per heavy atom. The quantitative estimate of drug-likeness (QED) is 0.896. The second-order valence-electron chi connectivity index (χ2n) is 6.71. The van der Waals surface area contributed by atoms with Gasteiger partial charge in [0.2, 0.25) is 0 Å². The molecule has 0 spiro atoms. The summed E-state index contributed by atoms with van der Waals surface area (Å²) >= 11 is 0. The van der Waals surface area contributed by atoms with Crippen LogP contribution in [-0.4, -0.2) is 46.4 Å². The van der Waals surface area contributed by atoms with Crippen LogP contribution in [0.3, 0.4) is 0 Å². The van der Waals surface area contributed by atoms with E-state index in [2.05, 4.69) is 22.4 Å². The molecule has 1 aromatic rings. The Balaban J connectivity index is 1.70. The van der Waals surface area contributed by atoms with Gasteiger partial charge in [0.05, 0.1) is 23.9 Å². The molecule has 3 rings (SSSR count). The minimum atomic E-state index is 0.0369. The van der Waals surface area contributed by atoms with E-state index in [0.717, 1.165) is 56.6 Å². The molecule has 0 bridgehead atoms. The molecule has 3 unspecified atom stereocenters. The largest absolute Gasteiger partial charge is 0.376 e. The number of nitrogens with zero attached hydrogens (tertiary/aromatic N) is 2. The topological polar surface area (TPSA) is 70.2 Å². The highest BCUT2D eigenvalue weighted by molar-refractivity contribution is 5.75. The fourth-order valence-electron chi connectivity index (χ4n) is 3.98. The fraction of sp³-hybridized carbons (Fsp3) is 0.765. The Bertz CT molecular complexity index is 531. The second kappa shape index (κ2) is 6.91. The van der Waals surface area contributed by atoms with E-state index in [9.17, 15) is 4.79 Å². The van der Waals surface area contributed by atoms with Crippen LogP contribution in [-0.2, 0) is 4.74 Å². The average Bonchev–Trinajstić information content (AvgIpc) is 3.26. The highest BCUT2D eigenvalue weighted by atomic mass is 16.5. The smallest absolute Gasteiger partial charge is 0.318 e. The van der Waals surface area contributed by atoms with Crippen LogP contribution in [0, 0.1) is 13.8 Å². The number of likely N-dealkylation sites (tertiary alicyclic amines) is 1. The zero-order valence-electron chi connectivity index (χ0n) is 14.4. The average molecular weight is 320 g/mol. The van der Waals surface area contributed by atoms with Crippen molar-refractivity contribution in [2.45, 2.75) is 71.1 Å². The van der Waals surface area contributed by atoms with Crippen LogP contribution in [0.1, 0.15) is 62.0 Å². The number of nitrogens with one attached hydrogen (secondary N) is 2. The van der Waals surface area contributed by atoms with E-state index in [4.69, 9.17) is 4.74 Å². The third kappa shape index (κ3) is 3.22. The molecule has 3 heterocycles. The Hall–Kier alpha value is -1.56. The van der Waals surface area contributed by atoms with Crippen molar-refractivity contribution in [2.24, 2.45) is 0 Å². The summed E-state index contributed by atoms with van der Waals surface area (Å²) in [6.07, 6.45) is 5.25. The summed E-state index contributed by atoms with van der Waals surface area (Å²) in [5.74, 6) is 0. The highest BCUT2D eigenvalue weighted by Gasteiger charge is 2.35. The van der Waals surface area contributed by atoms with Gasteiger partial charge in [-0.25, -0.2) is 4.79 Å². The van der Waals surface area contributed by atoms with Gasteiger partial charge in [0.1, 0.15) is 0 Å². The SMILES string of the molecule is CCC(NC(=O)N1CCCC1c1c(C)n[nH]c1C)C1CCCO1. The molecule has 6 nitrogen and oxygen atoms in total. The lowest BCUT2D eigenvalue weighted by molar-refractivity contribution is 0.0765. The molecule has 3 atom stereocenters. The van der Waals surface area contributed by atoms with Crippen LogP contribution in [0.5, 0.6) is 0 Å². The number of rotatable bonds is 4. The van der Waals surface area contributed by atoms with Gasteiger partial charge in [-0.05, 0) is 46.0 Å². The number of aromatic amines is 1. The molecule has 2 amide bonds. The standard InChI is InChI=1S/C17H28N4O2/c1-4-13(15-8-6-10-23-15)18-17(22)21-9-5-7-14(21)16-11(2)19-20-12(16)3/h13-15H,4-10H2,1-3H3,(H,18,22)(H,19,20). The van der Waals surface area contributed by atoms with Crippen molar-refractivity contribution in [3.05, 3.63) is 17.0 Å². The van der Waals surface area contributed by atoms with E-state index in [0.29, 0.717) is 0 Å². The number of aryl methyl sites for hydroxylation is 2. The van der Waals surface area contributed by atoms with Crippen molar-refractivity contribution in [3.63, 3.8) is 0 Å². The Kier molecular flexibility index (Phi) is 4.90. The van der Waals surface area contributed by atoms with Crippen molar-refractivity contribution in [1.82, 2.24) is 20.4 Å². The number of hydrogen-bond acceptors (Lipinski definition) is 3. The second-order valence-corrected chi connectivity index (χ2v) is 6.71. The predicted octanol–water partition coefficient (Wildman–Crippen LogP) is 2.83. The third-order valence-electron chi connectivity index (χ3n) is 5.19. The molecule has 2 aliphatic rings. The Labute approximate surface area is 138 Å². The molecular formula is C17H28N4O2. The molecule has 6 heteroatoms. The van der Waals surface area contributed by atoms with E-state index < -0.39 is 0 Å². The van der Waals surface area contributed by atoms with Crippen LogP contribution >= 0.6 is 0 Å². The van der Waals surface area contributed by atoms with E-state index in [1.165, 1.54) is 5.56 Å². The summed E-state index contributed by atoms with van der Waals surface area (Å²) in [6.45, 7) is 7.77. The van der Waals surface area contributed by atoms with E-state index in [-0.39, 0.29) is 24.2 Å². The number of urea groups is 1. The normalized spacial score (nSPS) is 25.8. The van der Waals surface area contributed by atoms with E-state index in [1.54, 1.807) is 0 Å². The van der Waals surface area contributed by atoms with Gasteiger partial charge in [0.25, 0.3) is 0 Å². The van der Waals surface area contributed by atoms with Crippen molar-refractivity contribution in [1.29, 1.82) is 0 Å². The maximum Gasteiger partial charge on any atom is 0.318 e. The summed E-state index contributed by atoms with van der Waals surface area (Å²) in [5, 5.41) is 10.5. The zero-order chi connectivity index (χ0) is 16.4. The predicted molar refractivity (Wildman–Crippen MR) is 88.3 cm³/mol. The molecule has 0 radical (unpaired) electrons. The van der Waals surface area contributed by atoms with Crippen molar-refractivity contribution in [2.75, 3.05) is 13.2 Å². The Morgan fingerprint density at radius 2 is 2.26 bits per heavy atom. The minimum absolute atomic E-state index is 0.0369. The zero-order valence-corrected chi connectivity index (χ0v) is 14.4. The van der Waals surface area contributed by atoms with Crippen LogP contribution in [0.25, 0.3) is 0 Å². The van der Waals surface area contributed by atoms with Gasteiger partial charge in [-0.15, -0.1) is 0 Å². The molecule has 2 fully saturated rings. The van der Waals surface area contributed by atoms with Crippen LogP contribution in [0.15, 0.2) is 0 Å². The van der Waals surface area contributed by atoms with Gasteiger partial charge in [-0.2, -0.15) is 5.10 Å². The number of amides is 2. The minimum Gasteiger partial charge on any atom is -0.376 e. The lowest BCUT2D eigenvalue weighted by Gasteiger charge is -2.30. The molecular weight excluding hydrogens is 292 g/mol. The van der Waals surface area contributed by atoms with Crippen molar-refractivity contribution >= 4 is 6.03 Å². The van der Waals surface area contributed by atoms with E-state index in [1.807, 2.05) is 18.7 Å². The molecule has 0 aliphatic carbocycles. The van der Waals surface area contributed by atoms with Crippen LogP contribution in [0.2, 0.25) is 0 Å². The number of hydrogen-bond donors (Lipinski definition) is 2. The van der Waals surface area contributed by atoms with Gasteiger partial charge in [0, 0.05) is 24.4 Å². The van der Waals surface area contributed by atoms with Crippen molar-refractivity contribution in [3.8, 4) is 0 Å². The summed E-state index contributed by atoms with van der Waals surface area (Å²) in [5.41, 5.74) is 3.25. The summed E-state index contributed by atoms with van der Waals surface area (Å²) in [4.78, 5) is 14.8. The molecule has 1 aromatic heterocycles. The summed E-state index contributed by atoms with van der Waals surface area (Å²) < 4.78 is 5.76. The summed E-state index contributed by atoms with van der Waals surface area (Å²) in [6, 6.07) is 0.281. The fourth-order valence-corrected chi connectivity index (χ4v) is 3.98. The maximum atomic E-state index is 12.8. The first kappa shape index (κ1) is 16.3.